The maximum Gasteiger partial charge on any atom is 2.00 e. The summed E-state index contributed by atoms with van der Waals surface area (Å²) in [4.78, 5) is 19.2. The second-order valence-corrected chi connectivity index (χ2v) is 20.9. The molecule has 5 aromatic rings. The number of fused-ring (bicyclic) bond motifs is 8. The Balaban J connectivity index is 0.00000648. The molecular weight excluding hydrogens is 980 g/mol. The number of rotatable bonds is 11. The van der Waals surface area contributed by atoms with Crippen molar-refractivity contribution >= 4 is 51.5 Å². The van der Waals surface area contributed by atoms with Crippen LogP contribution in [0.3, 0.4) is 0 Å². The second kappa shape index (κ2) is 18.6. The van der Waals surface area contributed by atoms with Gasteiger partial charge in [0, 0.05) is 22.8 Å². The molecule has 0 amide bonds. The van der Waals surface area contributed by atoms with Gasteiger partial charge in [0.2, 0.25) is 0 Å². The van der Waals surface area contributed by atoms with Gasteiger partial charge in [-0.3, -0.25) is 28.2 Å². The van der Waals surface area contributed by atoms with Crippen LogP contribution in [0.4, 0.5) is 0 Å². The van der Waals surface area contributed by atoms with Gasteiger partial charge in [-0.15, -0.1) is 16.7 Å². The Kier molecular flexibility index (Phi) is 13.6. The van der Waals surface area contributed by atoms with E-state index in [0.29, 0.717) is 123 Å². The van der Waals surface area contributed by atoms with Crippen LogP contribution in [-0.2, 0) is 102 Å². The molecule has 21 heteroatoms. The first-order valence-corrected chi connectivity index (χ1v) is 25.6. The predicted octanol–water partition coefficient (Wildman–Crippen LogP) is 6.45. The summed E-state index contributed by atoms with van der Waals surface area (Å²) < 4.78 is 136. The van der Waals surface area contributed by atoms with Gasteiger partial charge in [0.05, 0.1) is 19.6 Å². The maximum absolute atomic E-state index is 12.2. The van der Waals surface area contributed by atoms with E-state index in [4.69, 9.17) is 19.9 Å². The molecule has 5 heterocycles. The van der Waals surface area contributed by atoms with Gasteiger partial charge < -0.3 is 9.97 Å². The molecule has 3 aliphatic heterocycles. The Bertz CT molecular complexity index is 3510. The molecule has 345 valence electrons. The third-order valence-electron chi connectivity index (χ3n) is 11.1. The topological polar surface area (TPSA) is 271 Å². The maximum atomic E-state index is 12.2. The monoisotopic (exact) mass is 1020 g/mol. The molecule has 4 N–H and O–H groups in total. The first-order chi connectivity index (χ1) is 30.7. The fourth-order valence-electron chi connectivity index (χ4n) is 8.18. The van der Waals surface area contributed by atoms with Crippen molar-refractivity contribution < 1.29 is 69.0 Å². The molecule has 16 nitrogen and oxygen atoms in total. The van der Waals surface area contributed by atoms with Crippen molar-refractivity contribution in [1.82, 2.24) is 19.9 Å². The van der Waals surface area contributed by atoms with Crippen LogP contribution < -0.4 is 9.97 Å². The van der Waals surface area contributed by atoms with E-state index in [2.05, 4.69) is 6.58 Å². The zero-order valence-corrected chi connectivity index (χ0v) is 38.5. The molecule has 0 saturated carbocycles. The fraction of sp³-hybridized carbons (Fsp3) is 0.156. The Morgan fingerprint density at radius 1 is 0.530 bits per heavy atom. The first kappa shape index (κ1) is 48.4. The molecule has 8 bridgehead atoms. The van der Waals surface area contributed by atoms with Crippen LogP contribution in [0.25, 0.3) is 44.4 Å². The van der Waals surface area contributed by atoms with E-state index in [1.807, 2.05) is 0 Å². The van der Waals surface area contributed by atoms with E-state index in [-0.39, 0.29) is 43.1 Å². The second-order valence-electron chi connectivity index (χ2n) is 15.2. The number of hydrogen-bond acceptors (Lipinski definition) is 10. The predicted molar refractivity (Wildman–Crippen MR) is 241 cm³/mol. The molecule has 0 atom stereocenters. The third-order valence-corrected chi connectivity index (χ3v) is 14.6. The number of nitrogens with zero attached hydrogens (tertiary/aromatic N) is 4. The summed E-state index contributed by atoms with van der Waals surface area (Å²) >= 11 is 0. The van der Waals surface area contributed by atoms with Crippen molar-refractivity contribution in [2.45, 2.75) is 59.6 Å². The van der Waals surface area contributed by atoms with Crippen molar-refractivity contribution in [3.63, 3.8) is 0 Å². The number of benzene rings is 3. The summed E-state index contributed by atoms with van der Waals surface area (Å²) in [5.41, 5.74) is 8.47. The summed E-state index contributed by atoms with van der Waals surface area (Å²) in [7, 11) is -18.2. The van der Waals surface area contributed by atoms with Crippen molar-refractivity contribution in [3.05, 3.63) is 160 Å². The molecule has 3 aliphatic rings. The van der Waals surface area contributed by atoms with Crippen molar-refractivity contribution in [1.29, 1.82) is 0 Å². The Labute approximate surface area is 391 Å². The molecular formula is C45H38CuN4O12S4. The fourth-order valence-corrected chi connectivity index (χ4v) is 10.2. The van der Waals surface area contributed by atoms with Crippen LogP contribution in [-0.4, -0.2) is 61.9 Å². The van der Waals surface area contributed by atoms with Crippen LogP contribution in [0, 0.1) is 0 Å². The molecule has 8 rings (SSSR count). The van der Waals surface area contributed by atoms with Crippen LogP contribution in [0.15, 0.2) is 135 Å². The molecule has 0 unspecified atom stereocenters. The van der Waals surface area contributed by atoms with E-state index >= 15 is 0 Å². The summed E-state index contributed by atoms with van der Waals surface area (Å²) in [6.45, 7) is 3.54. The van der Waals surface area contributed by atoms with Gasteiger partial charge in [0.1, 0.15) is 0 Å². The van der Waals surface area contributed by atoms with Crippen molar-refractivity contribution in [2.24, 2.45) is 0 Å². The van der Waals surface area contributed by atoms with E-state index < -0.39 is 40.5 Å². The number of aromatic nitrogens is 4. The Morgan fingerprint density at radius 2 is 0.924 bits per heavy atom. The van der Waals surface area contributed by atoms with Gasteiger partial charge in [0.15, 0.2) is 0 Å². The van der Waals surface area contributed by atoms with Crippen LogP contribution in [0.5, 0.6) is 0 Å². The third kappa shape index (κ3) is 10.2. The van der Waals surface area contributed by atoms with Gasteiger partial charge in [-0.25, -0.2) is 0 Å². The minimum Gasteiger partial charge on any atom is -0.664 e. The Hall–Kier alpha value is -5.58. The SMILES string of the molecule is C=C/C=C(\C=C/Cc1c2nc(c(-c3ccc(S(=O)(=O)O)cc3)c3ccc([n-]3)c(-c3ccc(S(=O)(=O)O)cc3)c3nc(c(-c4ccc(S(=O)(=O)O)cc4)c4[n-]c1CC4)CC3)CC2)S(=O)(=O)O.[Cu+2]. The van der Waals surface area contributed by atoms with Gasteiger partial charge in [-0.1, -0.05) is 67.3 Å². The first-order valence-electron chi connectivity index (χ1n) is 19.8. The van der Waals surface area contributed by atoms with Crippen molar-refractivity contribution in [3.8, 4) is 33.4 Å². The Morgan fingerprint density at radius 3 is 1.35 bits per heavy atom. The molecule has 2 aromatic heterocycles. The summed E-state index contributed by atoms with van der Waals surface area (Å²) in [6, 6.07) is 20.4. The number of aryl methyl sites for hydroxylation is 6. The summed E-state index contributed by atoms with van der Waals surface area (Å²) in [5.74, 6) is 0. The number of hydrogen-bond donors (Lipinski definition) is 4. The van der Waals surface area contributed by atoms with Gasteiger partial charge in [-0.05, 0) is 132 Å². The average Bonchev–Trinajstić information content (AvgIpc) is 4.09. The standard InChI is InChI=1S/C45H38N4O12S4.Cu/c1-2-4-30(62(50,51)52)5-3-6-34-35-19-21-37(46-35)43(27-7-13-31(14-8-27)63(53,54)55)39-23-25-41(48-39)45(29-11-17-33(18-12-29)65(59,60)61)42-26-24-40(49-42)44(38-22-20-36(34)47-38)28-9-15-32(16-10-28)64(56,57)58;/h2-5,7-18,23,25H,1,6,19-22,24,26H2,(H,50,51,52)(H,53,54,55)(H,56,57,58)(H,59,60,61);/q-2;+2/b5-3-,30-4+,36-34?,43-37?,44-38?,45-42?;. The molecule has 1 radical (unpaired) electrons. The smallest absolute Gasteiger partial charge is 0.664 e. The molecule has 3 aromatic carbocycles. The van der Waals surface area contributed by atoms with E-state index in [0.717, 1.165) is 6.08 Å². The van der Waals surface area contributed by atoms with Crippen LogP contribution in [0.2, 0.25) is 0 Å². The van der Waals surface area contributed by atoms with Gasteiger partial charge in [0.25, 0.3) is 40.5 Å². The van der Waals surface area contributed by atoms with Crippen molar-refractivity contribution in [2.75, 3.05) is 0 Å². The van der Waals surface area contributed by atoms with E-state index in [1.165, 1.54) is 72.8 Å². The average molecular weight is 1020 g/mol. The zero-order chi connectivity index (χ0) is 46.5. The largest absolute Gasteiger partial charge is 2.00 e. The van der Waals surface area contributed by atoms with Gasteiger partial charge >= 0.3 is 17.1 Å². The molecule has 0 aliphatic carbocycles. The summed E-state index contributed by atoms with van der Waals surface area (Å²) in [6.07, 6.45) is 7.70. The van der Waals surface area contributed by atoms with Crippen LogP contribution >= 0.6 is 0 Å². The normalized spacial score (nSPS) is 14.2. The van der Waals surface area contributed by atoms with E-state index in [9.17, 15) is 51.9 Å². The molecule has 66 heavy (non-hydrogen) atoms. The van der Waals surface area contributed by atoms with Gasteiger partial charge in [-0.2, -0.15) is 39.4 Å². The van der Waals surface area contributed by atoms with E-state index in [1.54, 1.807) is 30.3 Å². The molecule has 0 saturated heterocycles. The zero-order valence-electron chi connectivity index (χ0n) is 34.3. The minimum absolute atomic E-state index is 0. The minimum atomic E-state index is -4.60. The quantitative estimate of drug-likeness (QED) is 0.0629. The number of allylic oxidation sites excluding steroid dienone is 4. The van der Waals surface area contributed by atoms with Crippen LogP contribution in [0.1, 0.15) is 39.7 Å². The summed E-state index contributed by atoms with van der Waals surface area (Å²) in [5, 5.41) is 0. The molecule has 0 spiro atoms. The molecule has 0 fully saturated rings.